The number of carbonyl (C=O) groups is 1. The molecule has 4 N–H and O–H groups in total. The summed E-state index contributed by atoms with van der Waals surface area (Å²) >= 11 is 7.35. The van der Waals surface area contributed by atoms with Crippen LogP contribution in [0.2, 0.25) is 5.02 Å². The van der Waals surface area contributed by atoms with Gasteiger partial charge in [0, 0.05) is 47.8 Å². The van der Waals surface area contributed by atoms with Crippen molar-refractivity contribution in [3.8, 4) is 17.2 Å². The Morgan fingerprint density at radius 2 is 1.79 bits per heavy atom. The van der Waals surface area contributed by atoms with E-state index in [0.717, 1.165) is 11.3 Å². The van der Waals surface area contributed by atoms with Crippen molar-refractivity contribution in [1.29, 1.82) is 5.26 Å². The number of nitriles is 1. The number of nitrogen functional groups attached to an aromatic ring is 2. The molecule has 1 amide bonds. The standard InChI is InChI=1S/C25H21ClN6OS/c26-16-7-4-8-17(13-16)31-9-11-32(12-10-31)25(33)22-21(28)20-19(15-5-2-1-3-6-15)18(14-27)23(29)30-24(20)34-22/h1-8,13H,9-12,28H2,(H2,29,30). The zero-order valence-electron chi connectivity index (χ0n) is 18.2. The molecule has 1 aliphatic rings. The number of amides is 1. The van der Waals surface area contributed by atoms with Crippen LogP contribution >= 0.6 is 22.9 Å². The zero-order valence-corrected chi connectivity index (χ0v) is 19.7. The largest absolute Gasteiger partial charge is 0.397 e. The highest BCUT2D eigenvalue weighted by atomic mass is 35.5. The SMILES string of the molecule is N#Cc1c(N)nc2sc(C(=O)N3CCN(c4cccc(Cl)c4)CC3)c(N)c2c1-c1ccccc1. The fourth-order valence-electron chi connectivity index (χ4n) is 4.32. The van der Waals surface area contributed by atoms with Crippen LogP contribution in [0.15, 0.2) is 54.6 Å². The van der Waals surface area contributed by atoms with E-state index in [2.05, 4.69) is 16.0 Å². The summed E-state index contributed by atoms with van der Waals surface area (Å²) in [4.78, 5) is 22.9. The fourth-order valence-corrected chi connectivity index (χ4v) is 5.58. The second kappa shape index (κ2) is 8.86. The number of aromatic nitrogens is 1. The third-order valence-electron chi connectivity index (χ3n) is 6.01. The van der Waals surface area contributed by atoms with E-state index in [9.17, 15) is 10.1 Å². The smallest absolute Gasteiger partial charge is 0.266 e. The molecule has 0 radical (unpaired) electrons. The molecular weight excluding hydrogens is 468 g/mol. The topological polar surface area (TPSA) is 112 Å². The van der Waals surface area contributed by atoms with Gasteiger partial charge in [0.2, 0.25) is 0 Å². The average molecular weight is 489 g/mol. The monoisotopic (exact) mass is 488 g/mol. The van der Waals surface area contributed by atoms with Gasteiger partial charge in [0.05, 0.1) is 5.69 Å². The van der Waals surface area contributed by atoms with Crippen molar-refractivity contribution in [3.63, 3.8) is 0 Å². The Balaban J connectivity index is 1.49. The van der Waals surface area contributed by atoms with Crippen molar-refractivity contribution >= 4 is 56.3 Å². The minimum Gasteiger partial charge on any atom is -0.397 e. The molecule has 34 heavy (non-hydrogen) atoms. The summed E-state index contributed by atoms with van der Waals surface area (Å²) in [6, 6.07) is 19.3. The van der Waals surface area contributed by atoms with Gasteiger partial charge in [-0.2, -0.15) is 5.26 Å². The van der Waals surface area contributed by atoms with Gasteiger partial charge in [-0.05, 0) is 23.8 Å². The summed E-state index contributed by atoms with van der Waals surface area (Å²) in [5.74, 6) is -0.00780. The molecule has 3 heterocycles. The number of thiophene rings is 1. The molecule has 5 rings (SSSR count). The van der Waals surface area contributed by atoms with Crippen LogP contribution in [0, 0.1) is 11.3 Å². The van der Waals surface area contributed by atoms with E-state index in [0.29, 0.717) is 57.5 Å². The van der Waals surface area contributed by atoms with E-state index in [1.165, 1.54) is 11.3 Å². The Labute approximate surface area is 205 Å². The molecule has 2 aromatic carbocycles. The molecule has 0 spiro atoms. The Bertz CT molecular complexity index is 1440. The summed E-state index contributed by atoms with van der Waals surface area (Å²) in [6.45, 7) is 2.50. The Kier molecular flexibility index (Phi) is 5.74. The molecule has 1 aliphatic heterocycles. The molecule has 7 nitrogen and oxygen atoms in total. The van der Waals surface area contributed by atoms with Crippen LogP contribution in [-0.2, 0) is 0 Å². The fraction of sp³-hybridized carbons (Fsp3) is 0.160. The van der Waals surface area contributed by atoms with Crippen molar-refractivity contribution < 1.29 is 4.79 Å². The minimum absolute atomic E-state index is 0.129. The Morgan fingerprint density at radius 3 is 2.47 bits per heavy atom. The van der Waals surface area contributed by atoms with Gasteiger partial charge in [0.1, 0.15) is 27.2 Å². The van der Waals surface area contributed by atoms with Gasteiger partial charge in [-0.1, -0.05) is 48.0 Å². The van der Waals surface area contributed by atoms with Crippen molar-refractivity contribution in [3.05, 3.63) is 70.1 Å². The van der Waals surface area contributed by atoms with Gasteiger partial charge < -0.3 is 21.3 Å². The van der Waals surface area contributed by atoms with E-state index in [4.69, 9.17) is 23.1 Å². The third-order valence-corrected chi connectivity index (χ3v) is 7.34. The van der Waals surface area contributed by atoms with E-state index in [1.807, 2.05) is 54.6 Å². The van der Waals surface area contributed by atoms with Gasteiger partial charge >= 0.3 is 0 Å². The van der Waals surface area contributed by atoms with E-state index < -0.39 is 0 Å². The van der Waals surface area contributed by atoms with Crippen LogP contribution < -0.4 is 16.4 Å². The van der Waals surface area contributed by atoms with Gasteiger partial charge in [-0.3, -0.25) is 4.79 Å². The van der Waals surface area contributed by atoms with Gasteiger partial charge in [0.25, 0.3) is 5.91 Å². The zero-order chi connectivity index (χ0) is 23.8. The number of nitrogens with two attached hydrogens (primary N) is 2. The number of carbonyl (C=O) groups excluding carboxylic acids is 1. The van der Waals surface area contributed by atoms with E-state index >= 15 is 0 Å². The number of piperazine rings is 1. The molecule has 4 aromatic rings. The lowest BCUT2D eigenvalue weighted by molar-refractivity contribution is 0.0752. The first-order chi connectivity index (χ1) is 16.5. The first-order valence-electron chi connectivity index (χ1n) is 10.7. The molecule has 0 aliphatic carbocycles. The van der Waals surface area contributed by atoms with Crippen molar-refractivity contribution in [2.24, 2.45) is 0 Å². The number of pyridine rings is 1. The minimum atomic E-state index is -0.137. The molecule has 0 unspecified atom stereocenters. The van der Waals surface area contributed by atoms with E-state index in [1.54, 1.807) is 4.90 Å². The molecule has 170 valence electrons. The highest BCUT2D eigenvalue weighted by molar-refractivity contribution is 7.21. The Morgan fingerprint density at radius 1 is 1.06 bits per heavy atom. The maximum Gasteiger partial charge on any atom is 0.266 e. The number of hydrogen-bond donors (Lipinski definition) is 2. The summed E-state index contributed by atoms with van der Waals surface area (Å²) in [5.41, 5.74) is 15.7. The molecule has 1 saturated heterocycles. The van der Waals surface area contributed by atoms with Crippen LogP contribution in [0.25, 0.3) is 21.3 Å². The summed E-state index contributed by atoms with van der Waals surface area (Å²) < 4.78 is 0. The third kappa shape index (κ3) is 3.79. The van der Waals surface area contributed by atoms with E-state index in [-0.39, 0.29) is 17.3 Å². The molecule has 1 fully saturated rings. The first kappa shape index (κ1) is 22.0. The second-order valence-corrected chi connectivity index (χ2v) is 9.44. The van der Waals surface area contributed by atoms with Crippen molar-refractivity contribution in [1.82, 2.24) is 9.88 Å². The highest BCUT2D eigenvalue weighted by Gasteiger charge is 2.28. The highest BCUT2D eigenvalue weighted by Crippen LogP contribution is 2.43. The molecule has 0 atom stereocenters. The van der Waals surface area contributed by atoms with Crippen LogP contribution in [-0.4, -0.2) is 42.0 Å². The van der Waals surface area contributed by atoms with Gasteiger partial charge in [0.15, 0.2) is 0 Å². The number of fused-ring (bicyclic) bond motifs is 1. The Hall–Kier alpha value is -3.80. The lowest BCUT2D eigenvalue weighted by Crippen LogP contribution is -2.48. The number of halogens is 1. The summed E-state index contributed by atoms with van der Waals surface area (Å²) in [5, 5.41) is 11.1. The first-order valence-corrected chi connectivity index (χ1v) is 11.9. The van der Waals surface area contributed by atoms with Crippen molar-refractivity contribution in [2.75, 3.05) is 42.5 Å². The summed E-state index contributed by atoms with van der Waals surface area (Å²) in [7, 11) is 0. The molecule has 2 aromatic heterocycles. The average Bonchev–Trinajstić information content (AvgIpc) is 3.18. The van der Waals surface area contributed by atoms with Gasteiger partial charge in [-0.15, -0.1) is 11.3 Å². The quantitative estimate of drug-likeness (QED) is 0.435. The van der Waals surface area contributed by atoms with Crippen molar-refractivity contribution in [2.45, 2.75) is 0 Å². The van der Waals surface area contributed by atoms with Gasteiger partial charge in [-0.25, -0.2) is 4.98 Å². The molecule has 0 bridgehead atoms. The number of anilines is 3. The number of hydrogen-bond acceptors (Lipinski definition) is 7. The maximum atomic E-state index is 13.5. The lowest BCUT2D eigenvalue weighted by atomic mass is 9.97. The van der Waals surface area contributed by atoms with Crippen LogP contribution in [0.4, 0.5) is 17.2 Å². The van der Waals surface area contributed by atoms with Crippen LogP contribution in [0.5, 0.6) is 0 Å². The van der Waals surface area contributed by atoms with Crippen LogP contribution in [0.3, 0.4) is 0 Å². The summed E-state index contributed by atoms with van der Waals surface area (Å²) in [6.07, 6.45) is 0. The normalized spacial score (nSPS) is 13.8. The maximum absolute atomic E-state index is 13.5. The molecule has 0 saturated carbocycles. The predicted octanol–water partition coefficient (Wildman–Crippen LogP) is 4.62. The number of rotatable bonds is 3. The predicted molar refractivity (Wildman–Crippen MR) is 138 cm³/mol. The number of benzene rings is 2. The molecule has 9 heteroatoms. The van der Waals surface area contributed by atoms with Crippen LogP contribution in [0.1, 0.15) is 15.2 Å². The number of nitrogens with zero attached hydrogens (tertiary/aromatic N) is 4. The lowest BCUT2D eigenvalue weighted by Gasteiger charge is -2.36. The second-order valence-electron chi connectivity index (χ2n) is 8.01. The molecular formula is C25H21ClN6OS.